The SMILES string of the molecule is O=C(Nc1cccnc1Cl)c1cc[nH]c(=O)c1. The van der Waals surface area contributed by atoms with Gasteiger partial charge in [0, 0.05) is 24.0 Å². The van der Waals surface area contributed by atoms with Crippen LogP contribution in [0.25, 0.3) is 0 Å². The molecular weight excluding hydrogens is 242 g/mol. The fraction of sp³-hybridized carbons (Fsp3) is 0. The molecule has 2 heterocycles. The summed E-state index contributed by atoms with van der Waals surface area (Å²) in [5.74, 6) is -0.411. The molecule has 0 aliphatic carbocycles. The Balaban J connectivity index is 2.23. The van der Waals surface area contributed by atoms with Crippen LogP contribution in [0.15, 0.2) is 41.5 Å². The fourth-order valence-corrected chi connectivity index (χ4v) is 1.43. The summed E-state index contributed by atoms with van der Waals surface area (Å²) in [6.45, 7) is 0. The minimum absolute atomic E-state index is 0.200. The number of carbonyl (C=O) groups excluding carboxylic acids is 1. The molecule has 17 heavy (non-hydrogen) atoms. The maximum absolute atomic E-state index is 11.8. The molecule has 0 unspecified atom stereocenters. The summed E-state index contributed by atoms with van der Waals surface area (Å²) in [6, 6.07) is 5.99. The number of rotatable bonds is 2. The fourth-order valence-electron chi connectivity index (χ4n) is 1.26. The van der Waals surface area contributed by atoms with Crippen molar-refractivity contribution < 1.29 is 4.79 Å². The average Bonchev–Trinajstić information content (AvgIpc) is 2.32. The lowest BCUT2D eigenvalue weighted by Crippen LogP contribution is -2.15. The number of aromatic nitrogens is 2. The lowest BCUT2D eigenvalue weighted by atomic mass is 10.2. The second-order valence-electron chi connectivity index (χ2n) is 3.24. The number of nitrogens with zero attached hydrogens (tertiary/aromatic N) is 1. The summed E-state index contributed by atoms with van der Waals surface area (Å²) in [7, 11) is 0. The number of H-pyrrole nitrogens is 1. The highest BCUT2D eigenvalue weighted by Gasteiger charge is 2.08. The highest BCUT2D eigenvalue weighted by atomic mass is 35.5. The lowest BCUT2D eigenvalue weighted by Gasteiger charge is -2.05. The average molecular weight is 250 g/mol. The van der Waals surface area contributed by atoms with Crippen LogP contribution in [0.2, 0.25) is 5.15 Å². The van der Waals surface area contributed by atoms with Crippen LogP contribution in [0.1, 0.15) is 10.4 Å². The van der Waals surface area contributed by atoms with Crippen molar-refractivity contribution in [3.8, 4) is 0 Å². The zero-order chi connectivity index (χ0) is 12.3. The van der Waals surface area contributed by atoms with Gasteiger partial charge in [-0.3, -0.25) is 9.59 Å². The van der Waals surface area contributed by atoms with Crippen LogP contribution >= 0.6 is 11.6 Å². The van der Waals surface area contributed by atoms with Crippen LogP contribution in [0, 0.1) is 0 Å². The van der Waals surface area contributed by atoms with Crippen molar-refractivity contribution in [2.24, 2.45) is 0 Å². The molecule has 0 spiro atoms. The summed E-state index contributed by atoms with van der Waals surface area (Å²) >= 11 is 5.79. The van der Waals surface area contributed by atoms with E-state index in [0.717, 1.165) is 0 Å². The Bertz CT molecular complexity index is 609. The van der Waals surface area contributed by atoms with E-state index in [4.69, 9.17) is 11.6 Å². The van der Waals surface area contributed by atoms with E-state index in [0.29, 0.717) is 5.69 Å². The molecular formula is C11H8ClN3O2. The monoisotopic (exact) mass is 249 g/mol. The quantitative estimate of drug-likeness (QED) is 0.795. The van der Waals surface area contributed by atoms with Crippen LogP contribution in [-0.4, -0.2) is 15.9 Å². The Morgan fingerprint density at radius 3 is 2.94 bits per heavy atom. The molecule has 6 heteroatoms. The van der Waals surface area contributed by atoms with E-state index in [-0.39, 0.29) is 16.3 Å². The first-order valence-electron chi connectivity index (χ1n) is 4.77. The van der Waals surface area contributed by atoms with Crippen molar-refractivity contribution in [2.45, 2.75) is 0 Å². The standard InChI is InChI=1S/C11H8ClN3O2/c12-10-8(2-1-4-14-10)15-11(17)7-3-5-13-9(16)6-7/h1-6H,(H,13,16)(H,15,17). The first-order valence-corrected chi connectivity index (χ1v) is 5.15. The van der Waals surface area contributed by atoms with Gasteiger partial charge in [0.25, 0.3) is 5.91 Å². The largest absolute Gasteiger partial charge is 0.329 e. The van der Waals surface area contributed by atoms with E-state index in [1.165, 1.54) is 24.5 Å². The summed E-state index contributed by atoms with van der Waals surface area (Å²) in [5.41, 5.74) is 0.322. The summed E-state index contributed by atoms with van der Waals surface area (Å²) in [4.78, 5) is 29.1. The van der Waals surface area contributed by atoms with E-state index in [1.54, 1.807) is 12.1 Å². The van der Waals surface area contributed by atoms with Crippen molar-refractivity contribution in [1.29, 1.82) is 0 Å². The molecule has 0 saturated carbocycles. The first-order chi connectivity index (χ1) is 8.16. The number of anilines is 1. The molecule has 2 rings (SSSR count). The smallest absolute Gasteiger partial charge is 0.255 e. The van der Waals surface area contributed by atoms with E-state index in [1.807, 2.05) is 0 Å². The summed E-state index contributed by atoms with van der Waals surface area (Å²) < 4.78 is 0. The molecule has 0 aliphatic rings. The van der Waals surface area contributed by atoms with Gasteiger partial charge in [-0.15, -0.1) is 0 Å². The Morgan fingerprint density at radius 2 is 2.24 bits per heavy atom. The third-order valence-electron chi connectivity index (χ3n) is 2.04. The molecule has 0 aliphatic heterocycles. The lowest BCUT2D eigenvalue weighted by molar-refractivity contribution is 0.102. The zero-order valence-electron chi connectivity index (χ0n) is 8.61. The van der Waals surface area contributed by atoms with Crippen LogP contribution in [0.5, 0.6) is 0 Å². The number of hydrogen-bond acceptors (Lipinski definition) is 3. The number of amides is 1. The molecule has 2 N–H and O–H groups in total. The number of pyridine rings is 2. The predicted octanol–water partition coefficient (Wildman–Crippen LogP) is 1.68. The van der Waals surface area contributed by atoms with Gasteiger partial charge >= 0.3 is 0 Å². The molecule has 0 saturated heterocycles. The normalized spacial score (nSPS) is 9.94. The van der Waals surface area contributed by atoms with E-state index < -0.39 is 5.91 Å². The van der Waals surface area contributed by atoms with Crippen LogP contribution in [0.4, 0.5) is 5.69 Å². The van der Waals surface area contributed by atoms with Gasteiger partial charge in [-0.25, -0.2) is 4.98 Å². The summed E-state index contributed by atoms with van der Waals surface area (Å²) in [6.07, 6.45) is 2.92. The van der Waals surface area contributed by atoms with E-state index >= 15 is 0 Å². The second kappa shape index (κ2) is 4.80. The zero-order valence-corrected chi connectivity index (χ0v) is 9.36. The molecule has 0 radical (unpaired) electrons. The van der Waals surface area contributed by atoms with E-state index in [9.17, 15) is 9.59 Å². The van der Waals surface area contributed by atoms with Crippen molar-refractivity contribution in [3.05, 3.63) is 57.7 Å². The molecule has 0 atom stereocenters. The molecule has 0 fully saturated rings. The molecule has 2 aromatic rings. The number of nitrogens with one attached hydrogen (secondary N) is 2. The minimum Gasteiger partial charge on any atom is -0.329 e. The van der Waals surface area contributed by atoms with Gasteiger partial charge < -0.3 is 10.3 Å². The highest BCUT2D eigenvalue weighted by molar-refractivity contribution is 6.32. The topological polar surface area (TPSA) is 74.8 Å². The second-order valence-corrected chi connectivity index (χ2v) is 3.60. The third-order valence-corrected chi connectivity index (χ3v) is 2.35. The van der Waals surface area contributed by atoms with Gasteiger partial charge in [0.05, 0.1) is 5.69 Å². The van der Waals surface area contributed by atoms with E-state index in [2.05, 4.69) is 15.3 Å². The Labute approximate surface area is 101 Å². The summed E-state index contributed by atoms with van der Waals surface area (Å²) in [5, 5.41) is 2.77. The van der Waals surface area contributed by atoms with Crippen molar-refractivity contribution in [3.63, 3.8) is 0 Å². The molecule has 0 bridgehead atoms. The molecule has 2 aromatic heterocycles. The van der Waals surface area contributed by atoms with Crippen LogP contribution < -0.4 is 10.9 Å². The Kier molecular flexibility index (Phi) is 3.20. The first kappa shape index (κ1) is 11.3. The molecule has 1 amide bonds. The number of hydrogen-bond donors (Lipinski definition) is 2. The minimum atomic E-state index is -0.411. The Morgan fingerprint density at radius 1 is 1.41 bits per heavy atom. The Hall–Kier alpha value is -2.14. The van der Waals surface area contributed by atoms with Gasteiger partial charge in [0.2, 0.25) is 5.56 Å². The van der Waals surface area contributed by atoms with Gasteiger partial charge in [-0.05, 0) is 18.2 Å². The molecule has 86 valence electrons. The van der Waals surface area contributed by atoms with Crippen LogP contribution in [-0.2, 0) is 0 Å². The van der Waals surface area contributed by atoms with Crippen molar-refractivity contribution in [2.75, 3.05) is 5.32 Å². The van der Waals surface area contributed by atoms with Gasteiger partial charge in [0.15, 0.2) is 5.15 Å². The van der Waals surface area contributed by atoms with Gasteiger partial charge in [0.1, 0.15) is 0 Å². The maximum atomic E-state index is 11.8. The molecule has 0 aromatic carbocycles. The number of halogens is 1. The molecule has 5 nitrogen and oxygen atoms in total. The maximum Gasteiger partial charge on any atom is 0.255 e. The highest BCUT2D eigenvalue weighted by Crippen LogP contribution is 2.17. The van der Waals surface area contributed by atoms with Crippen molar-refractivity contribution in [1.82, 2.24) is 9.97 Å². The van der Waals surface area contributed by atoms with Gasteiger partial charge in [-0.2, -0.15) is 0 Å². The van der Waals surface area contributed by atoms with Crippen molar-refractivity contribution >= 4 is 23.2 Å². The number of aromatic amines is 1. The predicted molar refractivity (Wildman–Crippen MR) is 64.3 cm³/mol. The van der Waals surface area contributed by atoms with Gasteiger partial charge in [-0.1, -0.05) is 11.6 Å². The van der Waals surface area contributed by atoms with Crippen LogP contribution in [0.3, 0.4) is 0 Å². The number of carbonyl (C=O) groups is 1. The third kappa shape index (κ3) is 2.70.